The Hall–Kier alpha value is -3.09. The van der Waals surface area contributed by atoms with Gasteiger partial charge in [-0.1, -0.05) is 12.1 Å². The van der Waals surface area contributed by atoms with E-state index < -0.39 is 6.10 Å². The zero-order valence-electron chi connectivity index (χ0n) is 14.0. The molecule has 0 aliphatic carbocycles. The number of phenols is 2. The second-order valence-corrected chi connectivity index (χ2v) is 5.48. The lowest BCUT2D eigenvalue weighted by atomic mass is 9.94. The molecule has 0 aromatic heterocycles. The number of methoxy groups -OCH3 is 3. The summed E-state index contributed by atoms with van der Waals surface area (Å²) in [5.74, 6) is -0.109. The van der Waals surface area contributed by atoms with Crippen molar-refractivity contribution in [1.82, 2.24) is 0 Å². The minimum absolute atomic E-state index is 0.00419. The number of Topliss-reactive ketones (excluding diaryl/α,β-unsaturated/α-hetero) is 1. The maximum atomic E-state index is 12.7. The Morgan fingerprint density at radius 1 is 0.960 bits per heavy atom. The van der Waals surface area contributed by atoms with Gasteiger partial charge in [-0.3, -0.25) is 4.79 Å². The largest absolute Gasteiger partial charge is 0.508 e. The third-order valence-corrected chi connectivity index (χ3v) is 4.08. The highest BCUT2D eigenvalue weighted by atomic mass is 16.6. The topological polar surface area (TPSA) is 94.5 Å². The summed E-state index contributed by atoms with van der Waals surface area (Å²) in [4.78, 5) is 12.7. The number of phenolic OH excluding ortho intramolecular Hbond substituents is 2. The van der Waals surface area contributed by atoms with Crippen LogP contribution in [0.25, 0.3) is 0 Å². The van der Waals surface area contributed by atoms with Crippen LogP contribution in [-0.4, -0.2) is 37.3 Å². The minimum atomic E-state index is -0.577. The highest BCUT2D eigenvalue weighted by Gasteiger charge is 2.37. The number of benzene rings is 2. The van der Waals surface area contributed by atoms with Gasteiger partial charge in [0.1, 0.15) is 17.4 Å². The fraction of sp³-hybridized carbons (Fsp3) is 0.278. The van der Waals surface area contributed by atoms with Crippen molar-refractivity contribution < 1.29 is 34.0 Å². The molecule has 0 amide bonds. The van der Waals surface area contributed by atoms with Gasteiger partial charge in [-0.25, -0.2) is 0 Å². The van der Waals surface area contributed by atoms with Gasteiger partial charge < -0.3 is 29.2 Å². The van der Waals surface area contributed by atoms with Crippen molar-refractivity contribution in [2.24, 2.45) is 0 Å². The highest BCUT2D eigenvalue weighted by molar-refractivity contribution is 6.05. The number of ether oxygens (including phenoxy) is 4. The van der Waals surface area contributed by atoms with Crippen LogP contribution in [0, 0.1) is 0 Å². The summed E-state index contributed by atoms with van der Waals surface area (Å²) in [6, 6.07) is 6.38. The Morgan fingerprint density at radius 3 is 2.12 bits per heavy atom. The first kappa shape index (κ1) is 16.8. The summed E-state index contributed by atoms with van der Waals surface area (Å²) in [5, 5.41) is 19.9. The Labute approximate surface area is 144 Å². The number of hydrogen-bond donors (Lipinski definition) is 2. The first-order chi connectivity index (χ1) is 12.0. The quantitative estimate of drug-likeness (QED) is 0.879. The van der Waals surface area contributed by atoms with Gasteiger partial charge >= 0.3 is 0 Å². The van der Waals surface area contributed by atoms with Gasteiger partial charge in [0, 0.05) is 0 Å². The number of fused-ring (bicyclic) bond motifs is 1. The van der Waals surface area contributed by atoms with Crippen LogP contribution in [0.4, 0.5) is 0 Å². The Morgan fingerprint density at radius 2 is 1.56 bits per heavy atom. The molecular weight excluding hydrogens is 328 g/mol. The van der Waals surface area contributed by atoms with E-state index in [-0.39, 0.29) is 52.3 Å². The number of rotatable bonds is 4. The third-order valence-electron chi connectivity index (χ3n) is 4.08. The molecule has 2 aromatic carbocycles. The lowest BCUT2D eigenvalue weighted by Crippen LogP contribution is -2.21. The van der Waals surface area contributed by atoms with E-state index >= 15 is 0 Å². The molecule has 1 aliphatic rings. The molecule has 1 atom stereocenters. The summed E-state index contributed by atoms with van der Waals surface area (Å²) < 4.78 is 21.7. The predicted octanol–water partition coefficient (Wildman–Crippen LogP) is 2.83. The van der Waals surface area contributed by atoms with Gasteiger partial charge in [0.05, 0.1) is 27.8 Å². The van der Waals surface area contributed by atoms with Gasteiger partial charge in [0.25, 0.3) is 0 Å². The summed E-state index contributed by atoms with van der Waals surface area (Å²) in [7, 11) is 4.16. The first-order valence-electron chi connectivity index (χ1n) is 7.55. The van der Waals surface area contributed by atoms with Crippen LogP contribution in [0.2, 0.25) is 0 Å². The molecule has 25 heavy (non-hydrogen) atoms. The van der Waals surface area contributed by atoms with Crippen LogP contribution in [0.3, 0.4) is 0 Å². The third kappa shape index (κ3) is 2.67. The number of ketones is 1. The standard InChI is InChI=1S/C18H18O7/c1-22-16-14(21)13-11(20)8-12(9-4-6-10(19)7-5-9)25-15(13)17(23-2)18(16)24-3/h4-7,12,19,21H,8H2,1-3H3/t12-/m0/s1. The number of hydrogen-bond acceptors (Lipinski definition) is 7. The molecule has 7 nitrogen and oxygen atoms in total. The Kier molecular flexibility index (Phi) is 4.31. The lowest BCUT2D eigenvalue weighted by molar-refractivity contribution is 0.0834. The van der Waals surface area contributed by atoms with Gasteiger partial charge in [0.2, 0.25) is 17.2 Å². The summed E-state index contributed by atoms with van der Waals surface area (Å²) >= 11 is 0. The smallest absolute Gasteiger partial charge is 0.211 e. The average Bonchev–Trinajstić information content (AvgIpc) is 2.61. The van der Waals surface area contributed by atoms with Crippen molar-refractivity contribution in [3.05, 3.63) is 35.4 Å². The maximum absolute atomic E-state index is 12.7. The van der Waals surface area contributed by atoms with Crippen molar-refractivity contribution in [1.29, 1.82) is 0 Å². The number of aromatic hydroxyl groups is 2. The molecule has 0 saturated heterocycles. The van der Waals surface area contributed by atoms with E-state index in [1.54, 1.807) is 12.1 Å². The van der Waals surface area contributed by atoms with E-state index in [0.29, 0.717) is 5.56 Å². The molecule has 0 spiro atoms. The molecule has 7 heteroatoms. The van der Waals surface area contributed by atoms with Crippen molar-refractivity contribution in [2.75, 3.05) is 21.3 Å². The van der Waals surface area contributed by atoms with Crippen LogP contribution in [0.5, 0.6) is 34.5 Å². The van der Waals surface area contributed by atoms with Crippen LogP contribution in [0.1, 0.15) is 28.4 Å². The van der Waals surface area contributed by atoms with Crippen LogP contribution >= 0.6 is 0 Å². The van der Waals surface area contributed by atoms with Gasteiger partial charge in [-0.05, 0) is 17.7 Å². The van der Waals surface area contributed by atoms with Gasteiger partial charge in [-0.2, -0.15) is 0 Å². The van der Waals surface area contributed by atoms with Crippen LogP contribution < -0.4 is 18.9 Å². The fourth-order valence-corrected chi connectivity index (χ4v) is 2.91. The van der Waals surface area contributed by atoms with Crippen LogP contribution in [-0.2, 0) is 0 Å². The second kappa shape index (κ2) is 6.43. The second-order valence-electron chi connectivity index (χ2n) is 5.48. The summed E-state index contributed by atoms with van der Waals surface area (Å²) in [6.07, 6.45) is -0.545. The minimum Gasteiger partial charge on any atom is -0.508 e. The SMILES string of the molecule is COc1c(O)c2c(c(OC)c1OC)O[C@H](c1ccc(O)cc1)CC2=O. The van der Waals surface area contributed by atoms with Crippen molar-refractivity contribution >= 4 is 5.78 Å². The molecule has 132 valence electrons. The van der Waals surface area contributed by atoms with Crippen molar-refractivity contribution in [3.63, 3.8) is 0 Å². The Balaban J connectivity index is 2.15. The van der Waals surface area contributed by atoms with Gasteiger partial charge in [-0.15, -0.1) is 0 Å². The molecule has 1 aliphatic heterocycles. The molecule has 0 fully saturated rings. The van der Waals surface area contributed by atoms with E-state index in [2.05, 4.69) is 0 Å². The van der Waals surface area contributed by atoms with Crippen molar-refractivity contribution in [3.8, 4) is 34.5 Å². The monoisotopic (exact) mass is 346 g/mol. The summed E-state index contributed by atoms with van der Waals surface area (Å²) in [6.45, 7) is 0. The van der Waals surface area contributed by atoms with Gasteiger partial charge in [0.15, 0.2) is 17.3 Å². The molecule has 2 aromatic rings. The molecule has 0 saturated carbocycles. The molecule has 1 heterocycles. The van der Waals surface area contributed by atoms with E-state index in [4.69, 9.17) is 18.9 Å². The zero-order valence-corrected chi connectivity index (χ0v) is 14.0. The average molecular weight is 346 g/mol. The highest BCUT2D eigenvalue weighted by Crippen LogP contribution is 2.56. The normalized spacial score (nSPS) is 16.0. The predicted molar refractivity (Wildman–Crippen MR) is 88.2 cm³/mol. The molecule has 3 rings (SSSR count). The molecular formula is C18H18O7. The maximum Gasteiger partial charge on any atom is 0.211 e. The molecule has 0 radical (unpaired) electrons. The molecule has 0 unspecified atom stereocenters. The molecule has 2 N–H and O–H groups in total. The molecule has 0 bridgehead atoms. The summed E-state index contributed by atoms with van der Waals surface area (Å²) in [5.41, 5.74) is 0.720. The number of carbonyl (C=O) groups is 1. The van der Waals surface area contributed by atoms with Crippen molar-refractivity contribution in [2.45, 2.75) is 12.5 Å². The first-order valence-corrected chi connectivity index (χ1v) is 7.55. The lowest BCUT2D eigenvalue weighted by Gasteiger charge is -2.29. The van der Waals surface area contributed by atoms with E-state index in [1.807, 2.05) is 0 Å². The number of carbonyl (C=O) groups excluding carboxylic acids is 1. The zero-order chi connectivity index (χ0) is 18.1. The van der Waals surface area contributed by atoms with E-state index in [1.165, 1.54) is 33.5 Å². The van der Waals surface area contributed by atoms with E-state index in [9.17, 15) is 15.0 Å². The van der Waals surface area contributed by atoms with E-state index in [0.717, 1.165) is 0 Å². The Bertz CT molecular complexity index is 811. The van der Waals surface area contributed by atoms with Crippen LogP contribution in [0.15, 0.2) is 24.3 Å². The fourth-order valence-electron chi connectivity index (χ4n) is 2.91.